The molecule has 0 saturated heterocycles. The number of para-hydroxylation sites is 1. The number of hydrogen-bond donors (Lipinski definition) is 2. The molecule has 0 aromatic heterocycles. The Kier molecular flexibility index (Phi) is 5.61. The summed E-state index contributed by atoms with van der Waals surface area (Å²) in [5.41, 5.74) is 0. The van der Waals surface area contributed by atoms with Gasteiger partial charge in [0.2, 0.25) is 10.0 Å². The predicted octanol–water partition coefficient (Wildman–Crippen LogP) is 0.911. The fourth-order valence-corrected chi connectivity index (χ4v) is 4.21. The van der Waals surface area contributed by atoms with E-state index in [0.717, 1.165) is 0 Å². The largest absolute Gasteiger partial charge is 0.495 e. The fraction of sp³-hybridized carbons (Fsp3) is 0.533. The molecule has 1 aliphatic carbocycles. The standard InChI is InChI=1S/C15H22N2O5S/c1-3-17(10-15(18)19)12-8-11(9-12)16-23(20,21)14-7-5-4-6-13(14)22-2/h4-7,11-12,16H,3,8-10H2,1-2H3,(H,18,19). The van der Waals surface area contributed by atoms with Gasteiger partial charge in [-0.1, -0.05) is 19.1 Å². The van der Waals surface area contributed by atoms with Gasteiger partial charge in [0.25, 0.3) is 0 Å². The lowest BCUT2D eigenvalue weighted by Crippen LogP contribution is -2.54. The van der Waals surface area contributed by atoms with E-state index in [0.29, 0.717) is 25.1 Å². The molecule has 7 nitrogen and oxygen atoms in total. The smallest absolute Gasteiger partial charge is 0.317 e. The summed E-state index contributed by atoms with van der Waals surface area (Å²) >= 11 is 0. The molecular weight excluding hydrogens is 320 g/mol. The summed E-state index contributed by atoms with van der Waals surface area (Å²) in [6, 6.07) is 6.37. The number of aliphatic carboxylic acids is 1. The van der Waals surface area contributed by atoms with Crippen molar-refractivity contribution in [3.63, 3.8) is 0 Å². The number of carboxylic acids is 1. The maximum Gasteiger partial charge on any atom is 0.317 e. The Bertz CT molecular complexity index is 656. The van der Waals surface area contributed by atoms with Crippen LogP contribution in [0.4, 0.5) is 0 Å². The number of rotatable bonds is 8. The summed E-state index contributed by atoms with van der Waals surface area (Å²) < 4.78 is 32.6. The molecule has 2 N–H and O–H groups in total. The van der Waals surface area contributed by atoms with Gasteiger partial charge in [-0.25, -0.2) is 13.1 Å². The Morgan fingerprint density at radius 1 is 1.39 bits per heavy atom. The lowest BCUT2D eigenvalue weighted by molar-refractivity contribution is -0.139. The number of ether oxygens (including phenoxy) is 1. The molecule has 8 heteroatoms. The highest BCUT2D eigenvalue weighted by Gasteiger charge is 2.36. The number of nitrogens with one attached hydrogen (secondary N) is 1. The molecule has 1 aliphatic rings. The van der Waals surface area contributed by atoms with Gasteiger partial charge in [0.15, 0.2) is 0 Å². The van der Waals surface area contributed by atoms with Crippen LogP contribution in [0.3, 0.4) is 0 Å². The quantitative estimate of drug-likeness (QED) is 0.729. The van der Waals surface area contributed by atoms with E-state index < -0.39 is 16.0 Å². The Labute approximate surface area is 136 Å². The van der Waals surface area contributed by atoms with E-state index in [1.807, 2.05) is 11.8 Å². The van der Waals surface area contributed by atoms with E-state index >= 15 is 0 Å². The molecule has 0 unspecified atom stereocenters. The summed E-state index contributed by atoms with van der Waals surface area (Å²) in [7, 11) is -2.22. The SMILES string of the molecule is CCN(CC(=O)O)C1CC(NS(=O)(=O)c2ccccc2OC)C1. The number of carboxylic acid groups (broad SMARTS) is 1. The van der Waals surface area contributed by atoms with Crippen molar-refractivity contribution < 1.29 is 23.1 Å². The Morgan fingerprint density at radius 3 is 2.61 bits per heavy atom. The second kappa shape index (κ2) is 7.29. The molecule has 1 saturated carbocycles. The highest BCUT2D eigenvalue weighted by Crippen LogP contribution is 2.29. The van der Waals surface area contributed by atoms with Crippen LogP contribution in [0.2, 0.25) is 0 Å². The van der Waals surface area contributed by atoms with Gasteiger partial charge >= 0.3 is 5.97 Å². The molecule has 0 atom stereocenters. The molecule has 1 aromatic carbocycles. The molecule has 23 heavy (non-hydrogen) atoms. The van der Waals surface area contributed by atoms with Crippen molar-refractivity contribution in [2.75, 3.05) is 20.2 Å². The van der Waals surface area contributed by atoms with Crippen LogP contribution in [0, 0.1) is 0 Å². The van der Waals surface area contributed by atoms with Gasteiger partial charge in [0.1, 0.15) is 10.6 Å². The number of hydrogen-bond acceptors (Lipinski definition) is 5. The first-order chi connectivity index (χ1) is 10.9. The van der Waals surface area contributed by atoms with Crippen molar-refractivity contribution in [1.29, 1.82) is 0 Å². The molecule has 1 aromatic rings. The molecule has 0 heterocycles. The Morgan fingerprint density at radius 2 is 2.04 bits per heavy atom. The lowest BCUT2D eigenvalue weighted by atomic mass is 9.86. The first-order valence-electron chi connectivity index (χ1n) is 7.48. The van der Waals surface area contributed by atoms with Crippen LogP contribution in [0.5, 0.6) is 5.75 Å². The van der Waals surface area contributed by atoms with Gasteiger partial charge in [-0.05, 0) is 31.5 Å². The van der Waals surface area contributed by atoms with E-state index in [-0.39, 0.29) is 23.5 Å². The van der Waals surface area contributed by atoms with Crippen molar-refractivity contribution in [1.82, 2.24) is 9.62 Å². The number of carbonyl (C=O) groups is 1. The highest BCUT2D eigenvalue weighted by atomic mass is 32.2. The minimum atomic E-state index is -3.65. The van der Waals surface area contributed by atoms with E-state index in [1.54, 1.807) is 18.2 Å². The molecular formula is C15H22N2O5S. The maximum absolute atomic E-state index is 12.4. The topological polar surface area (TPSA) is 95.9 Å². The van der Waals surface area contributed by atoms with Gasteiger partial charge in [-0.15, -0.1) is 0 Å². The van der Waals surface area contributed by atoms with E-state index in [4.69, 9.17) is 9.84 Å². The van der Waals surface area contributed by atoms with Gasteiger partial charge in [-0.2, -0.15) is 0 Å². The second-order valence-corrected chi connectivity index (χ2v) is 7.23. The number of likely N-dealkylation sites (N-methyl/N-ethyl adjacent to an activating group) is 1. The third-order valence-corrected chi connectivity index (χ3v) is 5.61. The third-order valence-electron chi connectivity index (χ3n) is 4.05. The molecule has 1 fully saturated rings. The van der Waals surface area contributed by atoms with Crippen molar-refractivity contribution in [3.8, 4) is 5.75 Å². The summed E-state index contributed by atoms with van der Waals surface area (Å²) in [5, 5.41) is 8.88. The molecule has 0 aliphatic heterocycles. The number of benzene rings is 1. The highest BCUT2D eigenvalue weighted by molar-refractivity contribution is 7.89. The van der Waals surface area contributed by atoms with Crippen molar-refractivity contribution >= 4 is 16.0 Å². The van der Waals surface area contributed by atoms with Gasteiger partial charge in [0, 0.05) is 12.1 Å². The van der Waals surface area contributed by atoms with E-state index in [1.165, 1.54) is 13.2 Å². The fourth-order valence-electron chi connectivity index (χ4n) is 2.78. The van der Waals surface area contributed by atoms with E-state index in [2.05, 4.69) is 4.72 Å². The minimum Gasteiger partial charge on any atom is -0.495 e. The average Bonchev–Trinajstić information content (AvgIpc) is 2.48. The summed E-state index contributed by atoms with van der Waals surface area (Å²) in [4.78, 5) is 12.8. The van der Waals surface area contributed by atoms with Crippen LogP contribution in [0.1, 0.15) is 19.8 Å². The zero-order valence-corrected chi connectivity index (χ0v) is 14.0. The first kappa shape index (κ1) is 17.7. The molecule has 0 bridgehead atoms. The second-order valence-electron chi connectivity index (χ2n) is 5.55. The average molecular weight is 342 g/mol. The predicted molar refractivity (Wildman–Crippen MR) is 85.0 cm³/mol. The monoisotopic (exact) mass is 342 g/mol. The number of sulfonamides is 1. The normalized spacial score (nSPS) is 21.0. The molecule has 0 spiro atoms. The summed E-state index contributed by atoms with van der Waals surface area (Å²) in [6.07, 6.45) is 1.21. The molecule has 128 valence electrons. The lowest BCUT2D eigenvalue weighted by Gasteiger charge is -2.42. The zero-order chi connectivity index (χ0) is 17.0. The summed E-state index contributed by atoms with van der Waals surface area (Å²) in [6.45, 7) is 2.51. The van der Waals surface area contributed by atoms with Gasteiger partial charge < -0.3 is 9.84 Å². The Balaban J connectivity index is 1.98. The first-order valence-corrected chi connectivity index (χ1v) is 8.97. The van der Waals surface area contributed by atoms with Crippen LogP contribution >= 0.6 is 0 Å². The van der Waals surface area contributed by atoms with Gasteiger partial charge in [-0.3, -0.25) is 9.69 Å². The van der Waals surface area contributed by atoms with E-state index in [9.17, 15) is 13.2 Å². The zero-order valence-electron chi connectivity index (χ0n) is 13.2. The number of nitrogens with zero attached hydrogens (tertiary/aromatic N) is 1. The molecule has 0 amide bonds. The van der Waals surface area contributed by atoms with Crippen LogP contribution < -0.4 is 9.46 Å². The summed E-state index contributed by atoms with van der Waals surface area (Å²) in [5.74, 6) is -0.568. The Hall–Kier alpha value is -1.64. The number of methoxy groups -OCH3 is 1. The van der Waals surface area contributed by atoms with Crippen LogP contribution in [0.15, 0.2) is 29.2 Å². The minimum absolute atomic E-state index is 0.0207. The van der Waals surface area contributed by atoms with Crippen molar-refractivity contribution in [2.45, 2.75) is 36.7 Å². The van der Waals surface area contributed by atoms with Crippen molar-refractivity contribution in [3.05, 3.63) is 24.3 Å². The third kappa shape index (κ3) is 4.21. The van der Waals surface area contributed by atoms with Gasteiger partial charge in [0.05, 0.1) is 13.7 Å². The van der Waals surface area contributed by atoms with Crippen molar-refractivity contribution in [2.24, 2.45) is 0 Å². The maximum atomic E-state index is 12.4. The molecule has 0 radical (unpaired) electrons. The molecule has 2 rings (SSSR count). The van der Waals surface area contributed by atoms with Crippen LogP contribution in [-0.4, -0.2) is 56.7 Å². The van der Waals surface area contributed by atoms with Crippen LogP contribution in [-0.2, 0) is 14.8 Å². The van der Waals surface area contributed by atoms with Crippen LogP contribution in [0.25, 0.3) is 0 Å².